The lowest BCUT2D eigenvalue weighted by atomic mass is 9.90. The van der Waals surface area contributed by atoms with Crippen LogP contribution >= 0.6 is 11.6 Å². The molecule has 1 aromatic heterocycles. The fraction of sp³-hybridized carbons (Fsp3) is 0.452. The van der Waals surface area contributed by atoms with E-state index >= 15 is 0 Å². The first kappa shape index (κ1) is 32.6. The van der Waals surface area contributed by atoms with Gasteiger partial charge in [-0.25, -0.2) is 4.98 Å². The smallest absolute Gasteiger partial charge is 0.261 e. The number of nitrogens with one attached hydrogen (secondary N) is 1. The first-order chi connectivity index (χ1) is 18.8. The quantitative estimate of drug-likeness (QED) is 0.119. The van der Waals surface area contributed by atoms with Gasteiger partial charge in [0.25, 0.3) is 8.32 Å². The Morgan fingerprint density at radius 2 is 1.45 bits per heavy atom. The molecule has 218 valence electrons. The van der Waals surface area contributed by atoms with Crippen molar-refractivity contribution in [2.45, 2.75) is 70.2 Å². The molecule has 0 aliphatic rings. The minimum Gasteiger partial charge on any atom is -0.598 e. The lowest BCUT2D eigenvalue weighted by Gasteiger charge is -2.44. The zero-order valence-corrected chi connectivity index (χ0v) is 27.5. The van der Waals surface area contributed by atoms with Gasteiger partial charge in [0.2, 0.25) is 0 Å². The lowest BCUT2D eigenvalue weighted by Crippen LogP contribution is -2.66. The zero-order valence-electron chi connectivity index (χ0n) is 24.9. The van der Waals surface area contributed by atoms with Gasteiger partial charge in [-0.3, -0.25) is 0 Å². The number of pyridine rings is 1. The highest BCUT2D eigenvalue weighted by Crippen LogP contribution is 2.40. The fourth-order valence-electron chi connectivity index (χ4n) is 4.88. The monoisotopic (exact) mass is 602 g/mol. The van der Waals surface area contributed by atoms with E-state index in [0.29, 0.717) is 18.8 Å². The van der Waals surface area contributed by atoms with E-state index in [0.717, 1.165) is 5.56 Å². The van der Waals surface area contributed by atoms with Gasteiger partial charge in [-0.05, 0) is 55.6 Å². The molecule has 0 fully saturated rings. The molecule has 6 nitrogen and oxygen atoms in total. The number of hydrogen-bond donors (Lipinski definition) is 1. The summed E-state index contributed by atoms with van der Waals surface area (Å²) in [5.41, 5.74) is -0.0765. The molecular formula is C31H43ClN2O4SSi. The van der Waals surface area contributed by atoms with Crippen LogP contribution in [0.15, 0.2) is 72.9 Å². The number of methoxy groups -OCH3 is 1. The van der Waals surface area contributed by atoms with Crippen LogP contribution in [0.2, 0.25) is 10.2 Å². The van der Waals surface area contributed by atoms with Gasteiger partial charge in [0.15, 0.2) is 17.7 Å². The van der Waals surface area contributed by atoms with Gasteiger partial charge in [0.1, 0.15) is 4.75 Å². The highest BCUT2D eigenvalue weighted by atomic mass is 35.5. The minimum atomic E-state index is -2.77. The Morgan fingerprint density at radius 1 is 0.900 bits per heavy atom. The minimum absolute atomic E-state index is 0.00934. The second-order valence-corrected chi connectivity index (χ2v) is 18.7. The Bertz CT molecular complexity index is 1180. The van der Waals surface area contributed by atoms with Crippen LogP contribution < -0.4 is 19.8 Å². The first-order valence-corrected chi connectivity index (χ1v) is 16.9. The van der Waals surface area contributed by atoms with Crippen molar-refractivity contribution >= 4 is 41.7 Å². The molecule has 1 unspecified atom stereocenters. The molecule has 40 heavy (non-hydrogen) atoms. The Labute approximate surface area is 249 Å². The molecular weight excluding hydrogens is 560 g/mol. The van der Waals surface area contributed by atoms with E-state index in [1.807, 2.05) is 45.9 Å². The highest BCUT2D eigenvalue weighted by Gasteiger charge is 2.50. The van der Waals surface area contributed by atoms with E-state index in [1.54, 1.807) is 13.3 Å². The molecule has 3 rings (SSSR count). The number of aromatic nitrogens is 1. The predicted octanol–water partition coefficient (Wildman–Crippen LogP) is 5.95. The summed E-state index contributed by atoms with van der Waals surface area (Å²) in [5.74, 6) is 0.400. The molecule has 0 bridgehead atoms. The van der Waals surface area contributed by atoms with Crippen LogP contribution in [-0.4, -0.2) is 43.1 Å². The van der Waals surface area contributed by atoms with Gasteiger partial charge in [-0.1, -0.05) is 93.0 Å². The molecule has 0 saturated carbocycles. The number of benzene rings is 2. The molecule has 0 spiro atoms. The van der Waals surface area contributed by atoms with E-state index in [9.17, 15) is 4.55 Å². The fourth-order valence-corrected chi connectivity index (χ4v) is 10.6. The van der Waals surface area contributed by atoms with Gasteiger partial charge >= 0.3 is 0 Å². The van der Waals surface area contributed by atoms with Crippen LogP contribution in [0.3, 0.4) is 0 Å². The number of halogens is 1. The topological polar surface area (TPSA) is 75.7 Å². The average molecular weight is 603 g/mol. The zero-order chi connectivity index (χ0) is 29.6. The molecule has 2 atom stereocenters. The maximum absolute atomic E-state index is 13.5. The summed E-state index contributed by atoms with van der Waals surface area (Å²) < 4.78 is 34.6. The van der Waals surface area contributed by atoms with Gasteiger partial charge in [-0.15, -0.1) is 4.72 Å². The van der Waals surface area contributed by atoms with Gasteiger partial charge in [0, 0.05) is 36.8 Å². The van der Waals surface area contributed by atoms with E-state index in [4.69, 9.17) is 25.5 Å². The van der Waals surface area contributed by atoms with Crippen molar-refractivity contribution in [2.24, 2.45) is 0 Å². The third-order valence-corrected chi connectivity index (χ3v) is 14.0. The molecule has 0 amide bonds. The van der Waals surface area contributed by atoms with Crippen molar-refractivity contribution in [3.05, 3.63) is 83.6 Å². The second-order valence-electron chi connectivity index (χ2n) is 12.1. The number of nitrogens with zero attached hydrogens (tertiary/aromatic N) is 1. The van der Waals surface area contributed by atoms with Crippen molar-refractivity contribution in [1.82, 2.24) is 9.71 Å². The SMILES string of the molecule is COCOc1c(C(C)(CCO[Si](c2ccccc2)(c2ccccc2)C(C)(C)C)N[S@@+]([O-])C(C)(C)C)ccnc1Cl. The van der Waals surface area contributed by atoms with E-state index in [1.165, 1.54) is 10.4 Å². The third-order valence-electron chi connectivity index (χ3n) is 6.99. The molecule has 2 aromatic carbocycles. The number of rotatable bonds is 12. The number of ether oxygens (including phenoxy) is 2. The normalized spacial score (nSPS) is 14.9. The van der Waals surface area contributed by atoms with Crippen LogP contribution in [0, 0.1) is 0 Å². The summed E-state index contributed by atoms with van der Waals surface area (Å²) >= 11 is 5.12. The summed E-state index contributed by atoms with van der Waals surface area (Å²) in [4.78, 5) is 4.22. The van der Waals surface area contributed by atoms with Crippen molar-refractivity contribution in [3.8, 4) is 5.75 Å². The average Bonchev–Trinajstić information content (AvgIpc) is 2.90. The summed E-state index contributed by atoms with van der Waals surface area (Å²) in [7, 11) is -1.22. The first-order valence-electron chi connectivity index (χ1n) is 13.5. The number of hydrogen-bond acceptors (Lipinski definition) is 6. The van der Waals surface area contributed by atoms with Crippen LogP contribution in [0.5, 0.6) is 5.75 Å². The summed E-state index contributed by atoms with van der Waals surface area (Å²) in [6, 6.07) is 22.9. The maximum Gasteiger partial charge on any atom is 0.261 e. The third kappa shape index (κ3) is 7.29. The molecule has 0 radical (unpaired) electrons. The van der Waals surface area contributed by atoms with E-state index in [2.05, 4.69) is 79.0 Å². The van der Waals surface area contributed by atoms with Crippen LogP contribution in [0.1, 0.15) is 60.5 Å². The van der Waals surface area contributed by atoms with Crippen molar-refractivity contribution in [1.29, 1.82) is 0 Å². The van der Waals surface area contributed by atoms with Crippen molar-refractivity contribution in [2.75, 3.05) is 20.5 Å². The van der Waals surface area contributed by atoms with Gasteiger partial charge in [-0.2, -0.15) is 0 Å². The highest BCUT2D eigenvalue weighted by molar-refractivity contribution is 7.90. The second kappa shape index (κ2) is 13.4. The van der Waals surface area contributed by atoms with Crippen LogP contribution in [0.4, 0.5) is 0 Å². The molecule has 0 aliphatic carbocycles. The molecule has 1 heterocycles. The van der Waals surface area contributed by atoms with Crippen molar-refractivity contribution in [3.63, 3.8) is 0 Å². The van der Waals surface area contributed by atoms with Crippen LogP contribution in [0.25, 0.3) is 0 Å². The summed E-state index contributed by atoms with van der Waals surface area (Å²) in [6.45, 7) is 15.0. The molecule has 1 N–H and O–H groups in total. The Hall–Kier alpha value is -1.91. The van der Waals surface area contributed by atoms with Gasteiger partial charge < -0.3 is 18.5 Å². The van der Waals surface area contributed by atoms with Crippen molar-refractivity contribution < 1.29 is 18.5 Å². The van der Waals surface area contributed by atoms with E-state index in [-0.39, 0.29) is 17.0 Å². The molecule has 9 heteroatoms. The Balaban J connectivity index is 2.08. The maximum atomic E-state index is 13.5. The molecule has 0 aliphatic heterocycles. The van der Waals surface area contributed by atoms with Crippen LogP contribution in [-0.2, 0) is 26.1 Å². The largest absolute Gasteiger partial charge is 0.598 e. The molecule has 0 saturated heterocycles. The Kier molecular flexibility index (Phi) is 10.9. The predicted molar refractivity (Wildman–Crippen MR) is 168 cm³/mol. The molecule has 3 aromatic rings. The summed E-state index contributed by atoms with van der Waals surface area (Å²) in [6.07, 6.45) is 2.14. The Morgan fingerprint density at radius 3 is 1.93 bits per heavy atom. The van der Waals surface area contributed by atoms with Gasteiger partial charge in [0.05, 0.1) is 5.54 Å². The summed E-state index contributed by atoms with van der Waals surface area (Å²) in [5, 5.41) is 2.47. The lowest BCUT2D eigenvalue weighted by molar-refractivity contribution is 0.0490. The standard InChI is InChI=1S/C31H43ClN2O4SSi/c1-29(2,3)39(35)34-31(7,26-19-21-33-28(32)27(26)37-23-36-8)20-22-38-40(30(4,5)6,24-15-11-9-12-16-24)25-17-13-10-14-18-25/h9-19,21,34H,20,22-23H2,1-8H3/t31?,39-/m0/s1. The van der Waals surface area contributed by atoms with E-state index < -0.39 is 30.0 Å².